The van der Waals surface area contributed by atoms with Gasteiger partial charge in [0.05, 0.1) is 18.0 Å². The third kappa shape index (κ3) is 3.68. The Morgan fingerprint density at radius 2 is 1.95 bits per heavy atom. The smallest absolute Gasteiger partial charge is 0.0645 e. The number of aliphatic hydroxyl groups excluding tert-OH is 1. The van der Waals surface area contributed by atoms with Crippen LogP contribution in [0.1, 0.15) is 24.6 Å². The fraction of sp³-hybridized carbons (Fsp3) is 0.438. The van der Waals surface area contributed by atoms with Crippen molar-refractivity contribution in [2.45, 2.75) is 26.8 Å². The number of aliphatic hydroxyl groups is 1. The minimum atomic E-state index is 0.200. The molecule has 0 bridgehead atoms. The topological polar surface area (TPSA) is 41.3 Å². The van der Waals surface area contributed by atoms with Gasteiger partial charge in [0.15, 0.2) is 0 Å². The van der Waals surface area contributed by atoms with Crippen molar-refractivity contribution in [1.29, 1.82) is 0 Å². The van der Waals surface area contributed by atoms with Crippen molar-refractivity contribution in [1.82, 2.24) is 14.7 Å². The van der Waals surface area contributed by atoms with E-state index in [4.69, 9.17) is 5.11 Å². The summed E-state index contributed by atoms with van der Waals surface area (Å²) in [6.45, 7) is 6.95. The molecule has 4 nitrogen and oxygen atoms in total. The van der Waals surface area contributed by atoms with E-state index < -0.39 is 0 Å². The number of hydrogen-bond acceptors (Lipinski definition) is 3. The van der Waals surface area contributed by atoms with Gasteiger partial charge in [-0.1, -0.05) is 25.1 Å². The molecule has 0 unspecified atom stereocenters. The number of benzene rings is 1. The lowest BCUT2D eigenvalue weighted by Crippen LogP contribution is -2.27. The van der Waals surface area contributed by atoms with Crippen molar-refractivity contribution < 1.29 is 5.11 Å². The lowest BCUT2D eigenvalue weighted by molar-refractivity contribution is 0.190. The molecule has 0 amide bonds. The van der Waals surface area contributed by atoms with Crippen LogP contribution in [0.2, 0.25) is 0 Å². The van der Waals surface area contributed by atoms with Crippen LogP contribution in [-0.2, 0) is 6.54 Å². The summed E-state index contributed by atoms with van der Waals surface area (Å²) >= 11 is 0. The highest BCUT2D eigenvalue weighted by molar-refractivity contribution is 5.32. The fourth-order valence-electron chi connectivity index (χ4n) is 2.33. The highest BCUT2D eigenvalue weighted by Crippen LogP contribution is 2.14. The first-order valence-electron chi connectivity index (χ1n) is 7.18. The summed E-state index contributed by atoms with van der Waals surface area (Å²) in [5, 5.41) is 13.7. The van der Waals surface area contributed by atoms with Crippen molar-refractivity contribution in [2.75, 3.05) is 19.7 Å². The van der Waals surface area contributed by atoms with E-state index in [1.54, 1.807) is 0 Å². The van der Waals surface area contributed by atoms with E-state index >= 15 is 0 Å². The Morgan fingerprint density at radius 3 is 2.60 bits per heavy atom. The largest absolute Gasteiger partial charge is 0.395 e. The Labute approximate surface area is 120 Å². The maximum absolute atomic E-state index is 9.13. The molecule has 0 aliphatic carbocycles. The molecule has 0 radical (unpaired) electrons. The Hall–Kier alpha value is -1.65. The predicted octanol–water partition coefficient (Wildman–Crippen LogP) is 2.39. The van der Waals surface area contributed by atoms with Gasteiger partial charge in [0, 0.05) is 24.8 Å². The zero-order valence-electron chi connectivity index (χ0n) is 12.3. The third-order valence-corrected chi connectivity index (χ3v) is 3.37. The van der Waals surface area contributed by atoms with E-state index in [2.05, 4.69) is 23.1 Å². The predicted molar refractivity (Wildman–Crippen MR) is 81.0 cm³/mol. The van der Waals surface area contributed by atoms with E-state index in [0.717, 1.165) is 30.9 Å². The molecule has 0 spiro atoms. The average Bonchev–Trinajstić information content (AvgIpc) is 2.82. The first-order valence-corrected chi connectivity index (χ1v) is 7.18. The Kier molecular flexibility index (Phi) is 5.32. The second kappa shape index (κ2) is 7.22. The van der Waals surface area contributed by atoms with E-state index in [9.17, 15) is 0 Å². The SMILES string of the molecule is CCCN(CCO)Cc1cn(-c2ccccc2)nc1C. The molecular weight excluding hydrogens is 250 g/mol. The first kappa shape index (κ1) is 14.8. The van der Waals surface area contributed by atoms with Crippen LogP contribution < -0.4 is 0 Å². The van der Waals surface area contributed by atoms with Gasteiger partial charge in [-0.05, 0) is 32.0 Å². The molecule has 1 aromatic carbocycles. The van der Waals surface area contributed by atoms with Crippen LogP contribution in [0.5, 0.6) is 0 Å². The van der Waals surface area contributed by atoms with Crippen LogP contribution in [-0.4, -0.2) is 39.5 Å². The molecule has 20 heavy (non-hydrogen) atoms. The number of hydrogen-bond donors (Lipinski definition) is 1. The molecule has 1 N–H and O–H groups in total. The normalized spacial score (nSPS) is 11.2. The molecule has 0 atom stereocenters. The first-order chi connectivity index (χ1) is 9.74. The standard InChI is InChI=1S/C16H23N3O/c1-3-9-18(10-11-20)12-15-13-19(17-14(15)2)16-7-5-4-6-8-16/h4-8,13,20H,3,9-12H2,1-2H3. The minimum absolute atomic E-state index is 0.200. The van der Waals surface area contributed by atoms with E-state index in [-0.39, 0.29) is 6.61 Å². The van der Waals surface area contributed by atoms with Crippen LogP contribution in [0.15, 0.2) is 36.5 Å². The van der Waals surface area contributed by atoms with Crippen molar-refractivity contribution in [3.63, 3.8) is 0 Å². The van der Waals surface area contributed by atoms with Crippen LogP contribution in [0.3, 0.4) is 0 Å². The summed E-state index contributed by atoms with van der Waals surface area (Å²) in [6, 6.07) is 10.1. The second-order valence-electron chi connectivity index (χ2n) is 5.02. The number of nitrogens with zero attached hydrogens (tertiary/aromatic N) is 3. The van der Waals surface area contributed by atoms with Gasteiger partial charge in [-0.3, -0.25) is 4.90 Å². The van der Waals surface area contributed by atoms with Gasteiger partial charge in [-0.25, -0.2) is 4.68 Å². The van der Waals surface area contributed by atoms with Gasteiger partial charge in [0.1, 0.15) is 0 Å². The fourth-order valence-corrected chi connectivity index (χ4v) is 2.33. The summed E-state index contributed by atoms with van der Waals surface area (Å²) in [4.78, 5) is 2.26. The highest BCUT2D eigenvalue weighted by atomic mass is 16.3. The molecule has 108 valence electrons. The van der Waals surface area contributed by atoms with Gasteiger partial charge < -0.3 is 5.11 Å². The molecule has 2 aromatic rings. The summed E-state index contributed by atoms with van der Waals surface area (Å²) in [5.74, 6) is 0. The van der Waals surface area contributed by atoms with E-state index in [1.807, 2.05) is 41.9 Å². The summed E-state index contributed by atoms with van der Waals surface area (Å²) < 4.78 is 1.92. The second-order valence-corrected chi connectivity index (χ2v) is 5.02. The van der Waals surface area contributed by atoms with E-state index in [0.29, 0.717) is 6.54 Å². The van der Waals surface area contributed by atoms with Gasteiger partial charge in [-0.2, -0.15) is 5.10 Å². The summed E-state index contributed by atoms with van der Waals surface area (Å²) in [5.41, 5.74) is 3.34. The monoisotopic (exact) mass is 273 g/mol. The molecule has 2 rings (SSSR count). The lowest BCUT2D eigenvalue weighted by atomic mass is 10.2. The maximum atomic E-state index is 9.13. The molecule has 1 aromatic heterocycles. The van der Waals surface area contributed by atoms with Crippen LogP contribution in [0, 0.1) is 6.92 Å². The van der Waals surface area contributed by atoms with Gasteiger partial charge in [0.2, 0.25) is 0 Å². The maximum Gasteiger partial charge on any atom is 0.0645 e. The molecule has 0 aliphatic heterocycles. The van der Waals surface area contributed by atoms with Crippen LogP contribution >= 0.6 is 0 Å². The third-order valence-electron chi connectivity index (χ3n) is 3.37. The van der Waals surface area contributed by atoms with Gasteiger partial charge in [-0.15, -0.1) is 0 Å². The Bertz CT molecular complexity index is 516. The number of aryl methyl sites for hydroxylation is 1. The molecule has 4 heteroatoms. The quantitative estimate of drug-likeness (QED) is 0.842. The minimum Gasteiger partial charge on any atom is -0.395 e. The number of para-hydroxylation sites is 1. The van der Waals surface area contributed by atoms with Crippen LogP contribution in [0.4, 0.5) is 0 Å². The Morgan fingerprint density at radius 1 is 1.20 bits per heavy atom. The highest BCUT2D eigenvalue weighted by Gasteiger charge is 2.10. The van der Waals surface area contributed by atoms with Crippen molar-refractivity contribution in [3.8, 4) is 5.69 Å². The van der Waals surface area contributed by atoms with Crippen molar-refractivity contribution in [3.05, 3.63) is 47.8 Å². The van der Waals surface area contributed by atoms with Gasteiger partial charge >= 0.3 is 0 Å². The zero-order valence-corrected chi connectivity index (χ0v) is 12.3. The molecule has 0 fully saturated rings. The molecule has 1 heterocycles. The lowest BCUT2D eigenvalue weighted by Gasteiger charge is -2.19. The summed E-state index contributed by atoms with van der Waals surface area (Å²) in [6.07, 6.45) is 3.18. The number of aromatic nitrogens is 2. The Balaban J connectivity index is 2.15. The molecule has 0 saturated heterocycles. The van der Waals surface area contributed by atoms with Crippen molar-refractivity contribution >= 4 is 0 Å². The van der Waals surface area contributed by atoms with Gasteiger partial charge in [0.25, 0.3) is 0 Å². The van der Waals surface area contributed by atoms with Crippen molar-refractivity contribution in [2.24, 2.45) is 0 Å². The van der Waals surface area contributed by atoms with Crippen LogP contribution in [0.25, 0.3) is 5.69 Å². The molecule has 0 aliphatic rings. The summed E-state index contributed by atoms with van der Waals surface area (Å²) in [7, 11) is 0. The zero-order chi connectivity index (χ0) is 14.4. The molecule has 0 saturated carbocycles. The number of rotatable bonds is 7. The molecular formula is C16H23N3O. The average molecular weight is 273 g/mol. The van der Waals surface area contributed by atoms with E-state index in [1.165, 1.54) is 5.56 Å².